The number of H-pyrrole nitrogens is 1. The number of fused-ring (bicyclic) bond motifs is 1. The normalized spacial score (nSPS) is 11.3. The Bertz CT molecular complexity index is 927. The van der Waals surface area contributed by atoms with Crippen LogP contribution in [-0.4, -0.2) is 34.1 Å². The van der Waals surface area contributed by atoms with E-state index in [-0.39, 0.29) is 5.56 Å². The molecule has 8 heteroatoms. The molecule has 128 valence electrons. The number of rotatable bonds is 4. The van der Waals surface area contributed by atoms with Gasteiger partial charge in [0.2, 0.25) is 0 Å². The monoisotopic (exact) mass is 349 g/mol. The van der Waals surface area contributed by atoms with E-state index >= 15 is 0 Å². The highest BCUT2D eigenvalue weighted by atomic mass is 32.1. The van der Waals surface area contributed by atoms with Gasteiger partial charge in [-0.2, -0.15) is 0 Å². The third kappa shape index (κ3) is 3.23. The van der Waals surface area contributed by atoms with Gasteiger partial charge in [0.25, 0.3) is 11.5 Å². The maximum atomic E-state index is 12.4. The molecular weight excluding hydrogens is 330 g/mol. The third-order valence-electron chi connectivity index (χ3n) is 3.68. The summed E-state index contributed by atoms with van der Waals surface area (Å²) >= 11 is 5.16. The second kappa shape index (κ2) is 6.56. The number of carbonyl (C=O) groups is 2. The van der Waals surface area contributed by atoms with Gasteiger partial charge in [0, 0.05) is 12.1 Å². The second-order valence-electron chi connectivity index (χ2n) is 5.81. The summed E-state index contributed by atoms with van der Waals surface area (Å²) in [7, 11) is 1.26. The molecular formula is C16H19N3O4S. The Balaban J connectivity index is 2.45. The van der Waals surface area contributed by atoms with Crippen molar-refractivity contribution in [2.24, 2.45) is 0 Å². The van der Waals surface area contributed by atoms with E-state index in [2.05, 4.69) is 15.0 Å². The van der Waals surface area contributed by atoms with Gasteiger partial charge < -0.3 is 15.0 Å². The van der Waals surface area contributed by atoms with Gasteiger partial charge in [-0.25, -0.2) is 4.79 Å². The van der Waals surface area contributed by atoms with Gasteiger partial charge in [0.05, 0.1) is 18.0 Å². The lowest BCUT2D eigenvalue weighted by molar-refractivity contribution is -0.146. The number of ether oxygens (including phenoxy) is 1. The van der Waals surface area contributed by atoms with Crippen molar-refractivity contribution in [2.45, 2.75) is 32.9 Å². The third-order valence-corrected chi connectivity index (χ3v) is 4.00. The van der Waals surface area contributed by atoms with Crippen molar-refractivity contribution in [3.8, 4) is 0 Å². The summed E-state index contributed by atoms with van der Waals surface area (Å²) < 4.78 is 6.40. The molecule has 0 aliphatic rings. The van der Waals surface area contributed by atoms with Crippen molar-refractivity contribution in [1.29, 1.82) is 0 Å². The Labute approximate surface area is 143 Å². The number of aromatic amines is 1. The van der Waals surface area contributed by atoms with Crippen molar-refractivity contribution >= 4 is 35.0 Å². The Morgan fingerprint density at radius 2 is 2.04 bits per heavy atom. The molecule has 0 saturated heterocycles. The van der Waals surface area contributed by atoms with Crippen LogP contribution >= 0.6 is 12.2 Å². The smallest absolute Gasteiger partial charge is 0.330 e. The van der Waals surface area contributed by atoms with Crippen LogP contribution in [0.2, 0.25) is 0 Å². The fourth-order valence-electron chi connectivity index (χ4n) is 2.35. The molecule has 0 unspecified atom stereocenters. The quantitative estimate of drug-likeness (QED) is 0.648. The minimum Gasteiger partial charge on any atom is -0.467 e. The fourth-order valence-corrected chi connectivity index (χ4v) is 2.67. The Morgan fingerprint density at radius 1 is 1.38 bits per heavy atom. The molecule has 0 saturated carbocycles. The topological polar surface area (TPSA) is 93.2 Å². The molecule has 0 aliphatic heterocycles. The molecule has 24 heavy (non-hydrogen) atoms. The number of aromatic nitrogens is 2. The number of nitrogens with zero attached hydrogens (tertiary/aromatic N) is 1. The van der Waals surface area contributed by atoms with Crippen LogP contribution in [0.15, 0.2) is 23.0 Å². The first-order valence-electron chi connectivity index (χ1n) is 7.39. The van der Waals surface area contributed by atoms with E-state index in [4.69, 9.17) is 12.2 Å². The highest BCUT2D eigenvalue weighted by molar-refractivity contribution is 7.71. The molecule has 1 aromatic carbocycles. The van der Waals surface area contributed by atoms with Crippen molar-refractivity contribution in [2.75, 3.05) is 7.11 Å². The van der Waals surface area contributed by atoms with E-state index in [1.807, 2.05) is 6.92 Å². The lowest BCUT2D eigenvalue weighted by Gasteiger charge is -2.23. The highest BCUT2D eigenvalue weighted by Crippen LogP contribution is 2.13. The molecule has 7 nitrogen and oxygen atoms in total. The van der Waals surface area contributed by atoms with Crippen LogP contribution in [0.5, 0.6) is 0 Å². The zero-order chi connectivity index (χ0) is 18.1. The number of hydrogen-bond acceptors (Lipinski definition) is 5. The zero-order valence-corrected chi connectivity index (χ0v) is 14.7. The molecule has 0 spiro atoms. The van der Waals surface area contributed by atoms with Crippen LogP contribution in [-0.2, 0) is 16.1 Å². The van der Waals surface area contributed by atoms with Gasteiger partial charge in [0.15, 0.2) is 4.77 Å². The summed E-state index contributed by atoms with van der Waals surface area (Å²) in [5.41, 5.74) is -0.602. The Hall–Kier alpha value is -2.48. The fraction of sp³-hybridized carbons (Fsp3) is 0.375. The van der Waals surface area contributed by atoms with Gasteiger partial charge in [-0.05, 0) is 51.2 Å². The first-order chi connectivity index (χ1) is 11.2. The number of methoxy groups -OCH3 is 1. The number of carbonyl (C=O) groups excluding carboxylic acids is 2. The molecule has 0 atom stereocenters. The van der Waals surface area contributed by atoms with E-state index in [0.29, 0.717) is 27.8 Å². The van der Waals surface area contributed by atoms with E-state index in [1.165, 1.54) is 23.8 Å². The maximum Gasteiger partial charge on any atom is 0.330 e. The first-order valence-corrected chi connectivity index (χ1v) is 7.80. The molecule has 1 heterocycles. The summed E-state index contributed by atoms with van der Waals surface area (Å²) in [4.78, 5) is 39.3. The molecule has 2 N–H and O–H groups in total. The van der Waals surface area contributed by atoms with Gasteiger partial charge in [-0.1, -0.05) is 0 Å². The molecule has 0 radical (unpaired) electrons. The number of amides is 1. The molecule has 0 aliphatic carbocycles. The van der Waals surface area contributed by atoms with Crippen molar-refractivity contribution in [3.05, 3.63) is 38.9 Å². The van der Waals surface area contributed by atoms with Crippen LogP contribution in [0.25, 0.3) is 10.9 Å². The Kier molecular flexibility index (Phi) is 4.88. The van der Waals surface area contributed by atoms with Crippen LogP contribution in [0.1, 0.15) is 31.1 Å². The predicted octanol–water partition coefficient (Wildman–Crippen LogP) is 1.76. The van der Waals surface area contributed by atoms with Gasteiger partial charge in [-0.3, -0.25) is 14.2 Å². The van der Waals surface area contributed by atoms with Gasteiger partial charge in [-0.15, -0.1) is 0 Å². The predicted molar refractivity (Wildman–Crippen MR) is 92.6 cm³/mol. The van der Waals surface area contributed by atoms with E-state index in [0.717, 1.165) is 0 Å². The number of benzene rings is 1. The summed E-state index contributed by atoms with van der Waals surface area (Å²) in [6.07, 6.45) is 0. The summed E-state index contributed by atoms with van der Waals surface area (Å²) in [5, 5.41) is 3.04. The minimum atomic E-state index is -1.17. The average molecular weight is 349 g/mol. The van der Waals surface area contributed by atoms with Crippen molar-refractivity contribution < 1.29 is 14.3 Å². The Morgan fingerprint density at radius 3 is 2.62 bits per heavy atom. The summed E-state index contributed by atoms with van der Waals surface area (Å²) in [6, 6.07) is 4.63. The zero-order valence-electron chi connectivity index (χ0n) is 13.9. The van der Waals surface area contributed by atoms with E-state index < -0.39 is 17.4 Å². The second-order valence-corrected chi connectivity index (χ2v) is 6.20. The highest BCUT2D eigenvalue weighted by Gasteiger charge is 2.30. The molecule has 1 amide bonds. The molecule has 2 rings (SSSR count). The lowest BCUT2D eigenvalue weighted by Crippen LogP contribution is -2.50. The lowest BCUT2D eigenvalue weighted by atomic mass is 10.0. The van der Waals surface area contributed by atoms with Gasteiger partial charge in [0.1, 0.15) is 5.54 Å². The maximum absolute atomic E-state index is 12.4. The number of hydrogen-bond donors (Lipinski definition) is 2. The molecule has 0 bridgehead atoms. The van der Waals surface area contributed by atoms with Crippen molar-refractivity contribution in [3.63, 3.8) is 0 Å². The summed E-state index contributed by atoms with van der Waals surface area (Å²) in [5.74, 6) is -1.01. The molecule has 2 aromatic rings. The molecule has 0 fully saturated rings. The molecule has 1 aromatic heterocycles. The van der Waals surface area contributed by atoms with E-state index in [1.54, 1.807) is 19.9 Å². The summed E-state index contributed by atoms with van der Waals surface area (Å²) in [6.45, 7) is 5.38. The SMILES string of the molecule is CCn1c(=S)[nH]c2cc(C(=O)NC(C)(C)C(=O)OC)ccc2c1=O. The van der Waals surface area contributed by atoms with Crippen LogP contribution in [0.3, 0.4) is 0 Å². The van der Waals surface area contributed by atoms with Crippen molar-refractivity contribution in [1.82, 2.24) is 14.9 Å². The minimum absolute atomic E-state index is 0.210. The largest absolute Gasteiger partial charge is 0.467 e. The average Bonchev–Trinajstić information content (AvgIpc) is 2.53. The first kappa shape index (κ1) is 17.9. The van der Waals surface area contributed by atoms with Crippen LogP contribution in [0.4, 0.5) is 0 Å². The van der Waals surface area contributed by atoms with E-state index in [9.17, 15) is 14.4 Å². The number of esters is 1. The number of nitrogens with one attached hydrogen (secondary N) is 2. The van der Waals surface area contributed by atoms with Crippen LogP contribution in [0, 0.1) is 4.77 Å². The van der Waals surface area contributed by atoms with Gasteiger partial charge >= 0.3 is 5.97 Å². The van der Waals surface area contributed by atoms with Crippen LogP contribution < -0.4 is 10.9 Å². The standard InChI is InChI=1S/C16H19N3O4S/c1-5-19-13(21)10-7-6-9(8-11(10)17-15(19)24)12(20)18-16(2,3)14(22)23-4/h6-8H,5H2,1-4H3,(H,17,24)(H,18,20).